The van der Waals surface area contributed by atoms with Gasteiger partial charge in [-0.3, -0.25) is 4.79 Å². The Bertz CT molecular complexity index is 1150. The van der Waals surface area contributed by atoms with Crippen molar-refractivity contribution in [2.24, 2.45) is 5.41 Å². The first kappa shape index (κ1) is 21.0. The zero-order valence-electron chi connectivity index (χ0n) is 18.0. The Kier molecular flexibility index (Phi) is 5.38. The van der Waals surface area contributed by atoms with E-state index in [1.54, 1.807) is 18.3 Å². The van der Waals surface area contributed by atoms with Crippen LogP contribution in [0.2, 0.25) is 5.15 Å². The molecule has 3 aromatic rings. The number of halogens is 1. The van der Waals surface area contributed by atoms with Gasteiger partial charge in [0.25, 0.3) is 11.9 Å². The molecule has 2 saturated heterocycles. The van der Waals surface area contributed by atoms with E-state index in [0.717, 1.165) is 5.56 Å². The summed E-state index contributed by atoms with van der Waals surface area (Å²) < 4.78 is 16.9. The molecule has 0 atom stereocenters. The standard InChI is InChI=1S/C22H24ClN5O4/c1-14-9-15(10-24-19(14)31-13-22(2)11-30-12-22)20(29)27-5-7-28(8-6-27)21-26-18-16(32-21)3-4-17(23)25-18/h3-4,9-10H,5-8,11-13H2,1-2H3. The van der Waals surface area contributed by atoms with Gasteiger partial charge < -0.3 is 23.7 Å². The van der Waals surface area contributed by atoms with Crippen LogP contribution in [0.15, 0.2) is 28.8 Å². The van der Waals surface area contributed by atoms with Gasteiger partial charge in [-0.2, -0.15) is 4.98 Å². The van der Waals surface area contributed by atoms with Gasteiger partial charge in [0.05, 0.1) is 25.4 Å². The lowest BCUT2D eigenvalue weighted by Gasteiger charge is -2.37. The lowest BCUT2D eigenvalue weighted by Crippen LogP contribution is -2.49. The molecule has 168 valence electrons. The Balaban J connectivity index is 1.20. The number of amides is 1. The van der Waals surface area contributed by atoms with Crippen LogP contribution < -0.4 is 9.64 Å². The number of hydrogen-bond donors (Lipinski definition) is 0. The number of pyridine rings is 2. The highest BCUT2D eigenvalue weighted by atomic mass is 35.5. The van der Waals surface area contributed by atoms with E-state index >= 15 is 0 Å². The summed E-state index contributed by atoms with van der Waals surface area (Å²) in [5.74, 6) is 0.515. The van der Waals surface area contributed by atoms with Crippen LogP contribution >= 0.6 is 11.6 Å². The molecule has 0 spiro atoms. The van der Waals surface area contributed by atoms with E-state index in [2.05, 4.69) is 21.9 Å². The zero-order valence-corrected chi connectivity index (χ0v) is 18.8. The highest BCUT2D eigenvalue weighted by molar-refractivity contribution is 6.29. The van der Waals surface area contributed by atoms with Crippen LogP contribution in [-0.2, 0) is 4.74 Å². The molecule has 0 unspecified atom stereocenters. The van der Waals surface area contributed by atoms with Crippen LogP contribution in [0.1, 0.15) is 22.8 Å². The number of ether oxygens (including phenoxy) is 2. The van der Waals surface area contributed by atoms with Gasteiger partial charge in [0.15, 0.2) is 5.58 Å². The number of carbonyl (C=O) groups is 1. The third kappa shape index (κ3) is 4.10. The molecule has 0 saturated carbocycles. The number of hydrogen-bond acceptors (Lipinski definition) is 8. The summed E-state index contributed by atoms with van der Waals surface area (Å²) in [4.78, 5) is 29.8. The van der Waals surface area contributed by atoms with Gasteiger partial charge in [0.1, 0.15) is 5.15 Å². The average Bonchev–Trinajstić information content (AvgIpc) is 3.20. The summed E-state index contributed by atoms with van der Waals surface area (Å²) in [7, 11) is 0. The number of rotatable bonds is 5. The van der Waals surface area contributed by atoms with Gasteiger partial charge in [0, 0.05) is 43.4 Å². The first-order chi connectivity index (χ1) is 15.4. The molecule has 3 aromatic heterocycles. The van der Waals surface area contributed by atoms with Gasteiger partial charge in [-0.1, -0.05) is 18.5 Å². The number of oxazole rings is 1. The number of aromatic nitrogens is 3. The minimum absolute atomic E-state index is 0.0410. The lowest BCUT2D eigenvalue weighted by atomic mass is 9.90. The fourth-order valence-electron chi connectivity index (χ4n) is 3.81. The van der Waals surface area contributed by atoms with E-state index in [-0.39, 0.29) is 11.3 Å². The summed E-state index contributed by atoms with van der Waals surface area (Å²) in [6.45, 7) is 8.31. The predicted octanol–water partition coefficient (Wildman–Crippen LogP) is 2.96. The summed E-state index contributed by atoms with van der Waals surface area (Å²) in [5.41, 5.74) is 2.51. The van der Waals surface area contributed by atoms with E-state index in [1.165, 1.54) is 0 Å². The third-order valence-corrected chi connectivity index (χ3v) is 5.99. The molecule has 9 nitrogen and oxygen atoms in total. The van der Waals surface area contributed by atoms with Gasteiger partial charge in [0.2, 0.25) is 11.5 Å². The smallest absolute Gasteiger partial charge is 0.300 e. The van der Waals surface area contributed by atoms with Crippen LogP contribution in [0.4, 0.5) is 6.01 Å². The van der Waals surface area contributed by atoms with Crippen molar-refractivity contribution in [2.45, 2.75) is 13.8 Å². The molecule has 5 heterocycles. The third-order valence-electron chi connectivity index (χ3n) is 5.78. The van der Waals surface area contributed by atoms with Crippen molar-refractivity contribution in [3.8, 4) is 5.88 Å². The van der Waals surface area contributed by atoms with E-state index < -0.39 is 0 Å². The largest absolute Gasteiger partial charge is 0.477 e. The van der Waals surface area contributed by atoms with E-state index in [1.807, 2.05) is 22.8 Å². The topological polar surface area (TPSA) is 93.8 Å². The van der Waals surface area contributed by atoms with Crippen LogP contribution in [0.5, 0.6) is 5.88 Å². The highest BCUT2D eigenvalue weighted by Crippen LogP contribution is 2.28. The number of nitrogens with zero attached hydrogens (tertiary/aromatic N) is 5. The normalized spacial score (nSPS) is 18.0. The van der Waals surface area contributed by atoms with E-state index in [0.29, 0.717) is 79.8 Å². The number of carbonyl (C=O) groups excluding carboxylic acids is 1. The van der Waals surface area contributed by atoms with Crippen molar-refractivity contribution < 1.29 is 18.7 Å². The highest BCUT2D eigenvalue weighted by Gasteiger charge is 2.34. The van der Waals surface area contributed by atoms with Crippen LogP contribution in [0, 0.1) is 12.3 Å². The molecule has 0 radical (unpaired) electrons. The van der Waals surface area contributed by atoms with Crippen molar-refractivity contribution in [3.05, 3.63) is 40.7 Å². The molecule has 0 N–H and O–H groups in total. The molecule has 0 aromatic carbocycles. The zero-order chi connectivity index (χ0) is 22.3. The molecular formula is C22H24ClN5O4. The van der Waals surface area contributed by atoms with Gasteiger partial charge >= 0.3 is 0 Å². The quantitative estimate of drug-likeness (QED) is 0.540. The molecule has 1 amide bonds. The van der Waals surface area contributed by atoms with Crippen molar-refractivity contribution in [2.75, 3.05) is 50.9 Å². The molecule has 0 bridgehead atoms. The molecule has 5 rings (SSSR count). The second-order valence-electron chi connectivity index (χ2n) is 8.67. The summed E-state index contributed by atoms with van der Waals surface area (Å²) in [5, 5.41) is 0.374. The second-order valence-corrected chi connectivity index (χ2v) is 9.06. The van der Waals surface area contributed by atoms with Crippen molar-refractivity contribution in [1.82, 2.24) is 19.9 Å². The maximum Gasteiger partial charge on any atom is 0.300 e. The Morgan fingerprint density at radius 3 is 2.69 bits per heavy atom. The van der Waals surface area contributed by atoms with Crippen molar-refractivity contribution in [3.63, 3.8) is 0 Å². The van der Waals surface area contributed by atoms with Crippen molar-refractivity contribution in [1.29, 1.82) is 0 Å². The Labute approximate surface area is 190 Å². The SMILES string of the molecule is Cc1cc(C(=O)N2CCN(c3nc4nc(Cl)ccc4o3)CC2)cnc1OCC1(C)COC1. The number of fused-ring (bicyclic) bond motifs is 1. The lowest BCUT2D eigenvalue weighted by molar-refractivity contribution is -0.120. The maximum atomic E-state index is 13.0. The van der Waals surface area contributed by atoms with Crippen molar-refractivity contribution >= 4 is 34.8 Å². The maximum absolute atomic E-state index is 13.0. The number of aryl methyl sites for hydroxylation is 1. The minimum Gasteiger partial charge on any atom is -0.477 e. The molecule has 2 aliphatic heterocycles. The number of anilines is 1. The summed E-state index contributed by atoms with van der Waals surface area (Å²) >= 11 is 5.92. The van der Waals surface area contributed by atoms with Gasteiger partial charge in [-0.15, -0.1) is 0 Å². The summed E-state index contributed by atoms with van der Waals surface area (Å²) in [6.07, 6.45) is 1.59. The molecule has 10 heteroatoms. The summed E-state index contributed by atoms with van der Waals surface area (Å²) in [6, 6.07) is 5.76. The number of piperazine rings is 1. The molecular weight excluding hydrogens is 434 g/mol. The minimum atomic E-state index is -0.0443. The molecule has 0 aliphatic carbocycles. The second kappa shape index (κ2) is 8.22. The van der Waals surface area contributed by atoms with Gasteiger partial charge in [-0.25, -0.2) is 9.97 Å². The first-order valence-corrected chi connectivity index (χ1v) is 10.9. The van der Waals surface area contributed by atoms with Crippen LogP contribution in [0.3, 0.4) is 0 Å². The monoisotopic (exact) mass is 457 g/mol. The van der Waals surface area contributed by atoms with E-state index in [9.17, 15) is 4.79 Å². The molecule has 2 fully saturated rings. The van der Waals surface area contributed by atoms with Crippen LogP contribution in [-0.4, -0.2) is 71.8 Å². The molecule has 32 heavy (non-hydrogen) atoms. The van der Waals surface area contributed by atoms with Crippen LogP contribution in [0.25, 0.3) is 11.2 Å². The fourth-order valence-corrected chi connectivity index (χ4v) is 3.95. The first-order valence-electron chi connectivity index (χ1n) is 10.5. The predicted molar refractivity (Wildman–Crippen MR) is 118 cm³/mol. The molecule has 2 aliphatic rings. The van der Waals surface area contributed by atoms with E-state index in [4.69, 9.17) is 25.5 Å². The fraction of sp³-hybridized carbons (Fsp3) is 0.455. The Hall–Kier alpha value is -2.91. The Morgan fingerprint density at radius 2 is 2.00 bits per heavy atom. The van der Waals surface area contributed by atoms with Gasteiger partial charge in [-0.05, 0) is 25.1 Å². The Morgan fingerprint density at radius 1 is 1.22 bits per heavy atom. The average molecular weight is 458 g/mol.